The lowest BCUT2D eigenvalue weighted by atomic mass is 10.4. The van der Waals surface area contributed by atoms with Crippen molar-refractivity contribution in [2.45, 2.75) is 5.25 Å². The summed E-state index contributed by atoms with van der Waals surface area (Å²) in [6.45, 7) is 0.928. The minimum absolute atomic E-state index is 0.296. The molecule has 2 heterocycles. The lowest BCUT2D eigenvalue weighted by molar-refractivity contribution is 0.989. The van der Waals surface area contributed by atoms with Crippen molar-refractivity contribution in [3.05, 3.63) is 6.07 Å². The van der Waals surface area contributed by atoms with E-state index in [1.54, 1.807) is 0 Å². The number of nitrogens with two attached hydrogens (primary N) is 1. The summed E-state index contributed by atoms with van der Waals surface area (Å²) in [6, 6.07) is 1.87. The predicted octanol–water partition coefficient (Wildman–Crippen LogP) is 1.36. The summed E-state index contributed by atoms with van der Waals surface area (Å²) in [7, 11) is 1.82. The molecule has 0 aliphatic carbocycles. The highest BCUT2D eigenvalue weighted by Gasteiger charge is 2.14. The van der Waals surface area contributed by atoms with Crippen LogP contribution in [0.15, 0.2) is 6.07 Å². The van der Waals surface area contributed by atoms with E-state index in [0.717, 1.165) is 18.2 Å². The number of nitrogen functional groups attached to an aromatic ring is 1. The van der Waals surface area contributed by atoms with Crippen molar-refractivity contribution in [1.82, 2.24) is 9.97 Å². The number of hydrogen-bond donors (Lipinski definition) is 3. The minimum Gasteiger partial charge on any atom is -0.373 e. The molecule has 0 spiro atoms. The summed E-state index contributed by atoms with van der Waals surface area (Å²) in [5.74, 6) is 5.54. The van der Waals surface area contributed by atoms with Gasteiger partial charge in [0.25, 0.3) is 0 Å². The number of rotatable bonds is 4. The highest BCUT2D eigenvalue weighted by Crippen LogP contribution is 2.24. The van der Waals surface area contributed by atoms with Crippen molar-refractivity contribution >= 4 is 41.1 Å². The molecule has 7 heteroatoms. The molecular weight excluding hydrogens is 254 g/mol. The Hall–Kier alpha value is -0.820. The van der Waals surface area contributed by atoms with Crippen LogP contribution in [0.5, 0.6) is 0 Å². The summed E-state index contributed by atoms with van der Waals surface area (Å²) < 4.78 is 0. The largest absolute Gasteiger partial charge is 0.373 e. The molecule has 1 atom stereocenters. The van der Waals surface area contributed by atoms with Gasteiger partial charge < -0.3 is 16.4 Å². The van der Waals surface area contributed by atoms with Gasteiger partial charge in [0, 0.05) is 42.2 Å². The van der Waals surface area contributed by atoms with E-state index in [1.165, 1.54) is 17.3 Å². The molecule has 1 aliphatic heterocycles. The van der Waals surface area contributed by atoms with Gasteiger partial charge in [-0.1, -0.05) is 0 Å². The average Bonchev–Trinajstić information content (AvgIpc) is 2.37. The van der Waals surface area contributed by atoms with E-state index in [9.17, 15) is 0 Å². The van der Waals surface area contributed by atoms with E-state index < -0.39 is 0 Å². The Morgan fingerprint density at radius 1 is 1.41 bits per heavy atom. The molecule has 5 nitrogen and oxygen atoms in total. The van der Waals surface area contributed by atoms with Crippen molar-refractivity contribution in [1.29, 1.82) is 0 Å². The second-order valence-electron chi connectivity index (χ2n) is 3.70. The molecule has 1 unspecified atom stereocenters. The van der Waals surface area contributed by atoms with E-state index in [-0.39, 0.29) is 0 Å². The van der Waals surface area contributed by atoms with Gasteiger partial charge in [0.1, 0.15) is 11.6 Å². The zero-order chi connectivity index (χ0) is 12.1. The molecule has 1 saturated heterocycles. The number of nitrogens with zero attached hydrogens (tertiary/aromatic N) is 2. The fraction of sp³-hybridized carbons (Fsp3) is 0.600. The van der Waals surface area contributed by atoms with E-state index >= 15 is 0 Å². The molecule has 1 fully saturated rings. The quantitative estimate of drug-likeness (QED) is 0.763. The molecular formula is C10H17N5S2. The molecule has 17 heavy (non-hydrogen) atoms. The Morgan fingerprint density at radius 2 is 2.24 bits per heavy atom. The van der Waals surface area contributed by atoms with Crippen LogP contribution in [0.1, 0.15) is 0 Å². The lowest BCUT2D eigenvalue weighted by Gasteiger charge is -2.21. The van der Waals surface area contributed by atoms with Gasteiger partial charge in [-0.25, -0.2) is 0 Å². The third-order valence-electron chi connectivity index (χ3n) is 2.40. The van der Waals surface area contributed by atoms with Gasteiger partial charge in [0.15, 0.2) is 0 Å². The summed E-state index contributed by atoms with van der Waals surface area (Å²) in [6.07, 6.45) is 0. The molecule has 1 aromatic rings. The molecule has 0 saturated carbocycles. The van der Waals surface area contributed by atoms with Gasteiger partial charge in [0.2, 0.25) is 5.95 Å². The Balaban J connectivity index is 1.91. The van der Waals surface area contributed by atoms with Crippen molar-refractivity contribution in [3.8, 4) is 0 Å². The van der Waals surface area contributed by atoms with Crippen molar-refractivity contribution in [2.24, 2.45) is 0 Å². The molecule has 1 aliphatic rings. The monoisotopic (exact) mass is 271 g/mol. The zero-order valence-corrected chi connectivity index (χ0v) is 11.4. The van der Waals surface area contributed by atoms with Crippen LogP contribution in [-0.2, 0) is 0 Å². The van der Waals surface area contributed by atoms with E-state index in [4.69, 9.17) is 5.73 Å². The van der Waals surface area contributed by atoms with Crippen LogP contribution in [0, 0.1) is 0 Å². The van der Waals surface area contributed by atoms with Gasteiger partial charge in [-0.3, -0.25) is 0 Å². The van der Waals surface area contributed by atoms with Crippen molar-refractivity contribution in [3.63, 3.8) is 0 Å². The highest BCUT2D eigenvalue weighted by molar-refractivity contribution is 8.06. The minimum atomic E-state index is 0.296. The van der Waals surface area contributed by atoms with Crippen molar-refractivity contribution < 1.29 is 0 Å². The molecule has 0 amide bonds. The lowest BCUT2D eigenvalue weighted by Crippen LogP contribution is -2.23. The first-order valence-electron chi connectivity index (χ1n) is 5.53. The fourth-order valence-electron chi connectivity index (χ4n) is 1.56. The maximum atomic E-state index is 5.63. The van der Waals surface area contributed by atoms with Crippen LogP contribution in [0.2, 0.25) is 0 Å². The molecule has 94 valence electrons. The summed E-state index contributed by atoms with van der Waals surface area (Å²) in [4.78, 5) is 8.22. The molecule has 0 radical (unpaired) electrons. The van der Waals surface area contributed by atoms with Crippen LogP contribution in [0.25, 0.3) is 0 Å². The van der Waals surface area contributed by atoms with Gasteiger partial charge in [-0.2, -0.15) is 33.5 Å². The Labute approximate surface area is 110 Å². The zero-order valence-electron chi connectivity index (χ0n) is 9.77. The van der Waals surface area contributed by atoms with Gasteiger partial charge in [-0.05, 0) is 0 Å². The number of aromatic nitrogens is 2. The Morgan fingerprint density at radius 3 is 2.94 bits per heavy atom. The second kappa shape index (κ2) is 6.20. The Kier molecular flexibility index (Phi) is 4.61. The van der Waals surface area contributed by atoms with Gasteiger partial charge >= 0.3 is 0 Å². The van der Waals surface area contributed by atoms with Crippen LogP contribution < -0.4 is 16.4 Å². The normalized spacial score (nSPS) is 19.9. The smallest absolute Gasteiger partial charge is 0.223 e. The molecule has 0 aromatic carbocycles. The van der Waals surface area contributed by atoms with Gasteiger partial charge in [-0.15, -0.1) is 0 Å². The second-order valence-corrected chi connectivity index (χ2v) is 6.25. The topological polar surface area (TPSA) is 75.9 Å². The van der Waals surface area contributed by atoms with E-state index in [1.807, 2.05) is 36.6 Å². The van der Waals surface area contributed by atoms with Crippen LogP contribution in [0.3, 0.4) is 0 Å². The number of thioether (sulfide) groups is 2. The van der Waals surface area contributed by atoms with E-state index in [2.05, 4.69) is 20.6 Å². The van der Waals surface area contributed by atoms with Crippen LogP contribution in [-0.4, -0.2) is 46.1 Å². The van der Waals surface area contributed by atoms with Crippen LogP contribution >= 0.6 is 23.5 Å². The number of hydrogen-bond acceptors (Lipinski definition) is 7. The molecule has 0 bridgehead atoms. The summed E-state index contributed by atoms with van der Waals surface area (Å²) in [5.41, 5.74) is 5.63. The molecule has 4 N–H and O–H groups in total. The van der Waals surface area contributed by atoms with Crippen LogP contribution in [0.4, 0.5) is 17.6 Å². The summed E-state index contributed by atoms with van der Waals surface area (Å²) in [5, 5.41) is 6.95. The maximum Gasteiger partial charge on any atom is 0.223 e. The molecule has 2 rings (SSSR count). The first kappa shape index (κ1) is 12.6. The predicted molar refractivity (Wildman–Crippen MR) is 78.1 cm³/mol. The standard InChI is InChI=1S/C10H17N5S2/c1-12-8-4-9(15-10(11)14-8)13-5-7-6-16-2-3-17-7/h4,7H,2-3,5-6H2,1H3,(H4,11,12,13,14,15). The van der Waals surface area contributed by atoms with Gasteiger partial charge in [0.05, 0.1) is 0 Å². The van der Waals surface area contributed by atoms with E-state index in [0.29, 0.717) is 11.2 Å². The highest BCUT2D eigenvalue weighted by atomic mass is 32.2. The number of nitrogens with one attached hydrogen (secondary N) is 2. The fourth-order valence-corrected chi connectivity index (χ4v) is 4.17. The summed E-state index contributed by atoms with van der Waals surface area (Å²) >= 11 is 4.04. The number of anilines is 3. The first-order chi connectivity index (χ1) is 8.28. The average molecular weight is 271 g/mol. The van der Waals surface area contributed by atoms with Crippen molar-refractivity contribution in [2.75, 3.05) is 47.2 Å². The SMILES string of the molecule is CNc1cc(NCC2CSCCS2)nc(N)n1. The Bertz CT molecular complexity index is 368. The third-order valence-corrected chi connectivity index (χ3v) is 5.24. The third kappa shape index (κ3) is 3.85. The molecule has 1 aromatic heterocycles. The first-order valence-corrected chi connectivity index (χ1v) is 7.74. The maximum absolute atomic E-state index is 5.63.